The van der Waals surface area contributed by atoms with Crippen LogP contribution in [0, 0.1) is 5.82 Å². The minimum atomic E-state index is -0.493. The van der Waals surface area contributed by atoms with Crippen LogP contribution in [0.2, 0.25) is 5.02 Å². The predicted octanol–water partition coefficient (Wildman–Crippen LogP) is 4.47. The molecule has 2 fully saturated rings. The standard InChI is InChI=1S/C25H27ClFN5O4/c1-34-22-14-21-18(24(29-15-28-21)30-16-2-3-20(27)19(26)12-16)13-23(22)36-17-4-6-31(7-5-17)25(33)32-8-10-35-11-9-32/h2-3,12-15,17H,4-11H2,1H3,(H,28,29,30). The molecule has 190 valence electrons. The molecule has 2 aliphatic rings. The Morgan fingerprint density at radius 1 is 1.08 bits per heavy atom. The molecule has 2 saturated heterocycles. The number of hydrogen-bond donors (Lipinski definition) is 1. The minimum absolute atomic E-state index is 0.0162. The second kappa shape index (κ2) is 10.7. The van der Waals surface area contributed by atoms with Gasteiger partial charge < -0.3 is 29.3 Å². The van der Waals surface area contributed by atoms with Crippen LogP contribution in [0.15, 0.2) is 36.7 Å². The molecule has 0 spiro atoms. The number of aromatic nitrogens is 2. The topological polar surface area (TPSA) is 89.1 Å². The predicted molar refractivity (Wildman–Crippen MR) is 134 cm³/mol. The zero-order valence-corrected chi connectivity index (χ0v) is 20.6. The van der Waals surface area contributed by atoms with Gasteiger partial charge in [0.15, 0.2) is 11.5 Å². The summed E-state index contributed by atoms with van der Waals surface area (Å²) >= 11 is 5.93. The Labute approximate surface area is 213 Å². The molecule has 0 unspecified atom stereocenters. The summed E-state index contributed by atoms with van der Waals surface area (Å²) in [6.45, 7) is 3.68. The molecule has 0 saturated carbocycles. The van der Waals surface area contributed by atoms with E-state index < -0.39 is 5.82 Å². The van der Waals surface area contributed by atoms with Crippen molar-refractivity contribution in [1.29, 1.82) is 0 Å². The maximum atomic E-state index is 13.6. The number of amides is 2. The fraction of sp³-hybridized carbons (Fsp3) is 0.400. The molecule has 2 aliphatic heterocycles. The highest BCUT2D eigenvalue weighted by Crippen LogP contribution is 2.36. The third kappa shape index (κ3) is 5.24. The minimum Gasteiger partial charge on any atom is -0.493 e. The average molecular weight is 516 g/mol. The summed E-state index contributed by atoms with van der Waals surface area (Å²) in [4.78, 5) is 25.2. The average Bonchev–Trinajstić information content (AvgIpc) is 2.91. The van der Waals surface area contributed by atoms with Crippen LogP contribution < -0.4 is 14.8 Å². The number of carbonyl (C=O) groups excluding carboxylic acids is 1. The number of nitrogens with zero attached hydrogens (tertiary/aromatic N) is 4. The number of rotatable bonds is 5. The van der Waals surface area contributed by atoms with E-state index in [1.807, 2.05) is 15.9 Å². The number of nitrogens with one attached hydrogen (secondary N) is 1. The first-order valence-corrected chi connectivity index (χ1v) is 12.2. The smallest absolute Gasteiger partial charge is 0.320 e. The van der Waals surface area contributed by atoms with E-state index in [9.17, 15) is 9.18 Å². The van der Waals surface area contributed by atoms with Crippen molar-refractivity contribution in [3.63, 3.8) is 0 Å². The molecular weight excluding hydrogens is 489 g/mol. The summed E-state index contributed by atoms with van der Waals surface area (Å²) in [7, 11) is 1.58. The van der Waals surface area contributed by atoms with Crippen molar-refractivity contribution < 1.29 is 23.4 Å². The summed E-state index contributed by atoms with van der Waals surface area (Å²) in [6.07, 6.45) is 2.79. The van der Waals surface area contributed by atoms with Gasteiger partial charge in [-0.25, -0.2) is 19.2 Å². The van der Waals surface area contributed by atoms with Gasteiger partial charge in [-0.3, -0.25) is 0 Å². The van der Waals surface area contributed by atoms with Crippen LogP contribution in [0.5, 0.6) is 11.5 Å². The fourth-order valence-corrected chi connectivity index (χ4v) is 4.61. The number of ether oxygens (including phenoxy) is 3. The van der Waals surface area contributed by atoms with Crippen molar-refractivity contribution in [3.05, 3.63) is 47.5 Å². The Balaban J connectivity index is 1.31. The molecule has 36 heavy (non-hydrogen) atoms. The van der Waals surface area contributed by atoms with E-state index in [4.69, 9.17) is 25.8 Å². The molecule has 11 heteroatoms. The molecule has 2 aromatic carbocycles. The highest BCUT2D eigenvalue weighted by Gasteiger charge is 2.28. The van der Waals surface area contributed by atoms with E-state index in [2.05, 4.69) is 15.3 Å². The number of carbonyl (C=O) groups is 1. The second-order valence-corrected chi connectivity index (χ2v) is 9.09. The maximum Gasteiger partial charge on any atom is 0.320 e. The first-order chi connectivity index (χ1) is 17.5. The van der Waals surface area contributed by atoms with Crippen LogP contribution >= 0.6 is 11.6 Å². The number of hydrogen-bond acceptors (Lipinski definition) is 7. The Bertz CT molecular complexity index is 1250. The lowest BCUT2D eigenvalue weighted by atomic mass is 10.1. The highest BCUT2D eigenvalue weighted by molar-refractivity contribution is 6.31. The first-order valence-electron chi connectivity index (χ1n) is 11.8. The Morgan fingerprint density at radius 3 is 2.56 bits per heavy atom. The quantitative estimate of drug-likeness (QED) is 0.536. The second-order valence-electron chi connectivity index (χ2n) is 8.68. The van der Waals surface area contributed by atoms with Crippen LogP contribution in [0.1, 0.15) is 12.8 Å². The van der Waals surface area contributed by atoms with Gasteiger partial charge >= 0.3 is 6.03 Å². The first kappa shape index (κ1) is 24.3. The molecule has 0 bridgehead atoms. The third-order valence-corrected chi connectivity index (χ3v) is 6.68. The number of methoxy groups -OCH3 is 1. The number of morpholine rings is 1. The number of likely N-dealkylation sites (tertiary alicyclic amines) is 1. The maximum absolute atomic E-state index is 13.6. The lowest BCUT2D eigenvalue weighted by Gasteiger charge is -2.37. The summed E-state index contributed by atoms with van der Waals surface area (Å²) in [5, 5.41) is 3.91. The zero-order valence-electron chi connectivity index (χ0n) is 19.9. The van der Waals surface area contributed by atoms with E-state index in [0.717, 1.165) is 0 Å². The molecule has 9 nitrogen and oxygen atoms in total. The van der Waals surface area contributed by atoms with Gasteiger partial charge in [-0.1, -0.05) is 11.6 Å². The molecular formula is C25H27ClFN5O4. The summed E-state index contributed by atoms with van der Waals surface area (Å²) in [6, 6.07) is 8.08. The van der Waals surface area contributed by atoms with Crippen molar-refractivity contribution in [2.75, 3.05) is 51.8 Å². The van der Waals surface area contributed by atoms with Crippen LogP contribution in [-0.4, -0.2) is 78.4 Å². The number of fused-ring (bicyclic) bond motifs is 1. The van der Waals surface area contributed by atoms with Crippen molar-refractivity contribution >= 4 is 40.0 Å². The SMILES string of the molecule is COc1cc2ncnc(Nc3ccc(F)c(Cl)c3)c2cc1OC1CCN(C(=O)N2CCOCC2)CC1. The summed E-state index contributed by atoms with van der Waals surface area (Å²) in [5.41, 5.74) is 1.26. The van der Waals surface area contributed by atoms with Crippen LogP contribution in [0.3, 0.4) is 0 Å². The van der Waals surface area contributed by atoms with Crippen LogP contribution in [0.25, 0.3) is 10.9 Å². The van der Waals surface area contributed by atoms with Gasteiger partial charge in [0.05, 0.1) is 30.9 Å². The van der Waals surface area contributed by atoms with E-state index in [-0.39, 0.29) is 17.2 Å². The molecule has 0 radical (unpaired) electrons. The molecule has 3 aromatic rings. The van der Waals surface area contributed by atoms with E-state index in [0.29, 0.717) is 86.1 Å². The number of piperidine rings is 1. The molecule has 1 aromatic heterocycles. The molecule has 1 N–H and O–H groups in total. The van der Waals surface area contributed by atoms with Gasteiger partial charge in [-0.15, -0.1) is 0 Å². The molecule has 2 amide bonds. The molecule has 0 aliphatic carbocycles. The van der Waals surface area contributed by atoms with Crippen LogP contribution in [0.4, 0.5) is 20.7 Å². The molecule has 3 heterocycles. The summed E-state index contributed by atoms with van der Waals surface area (Å²) < 4.78 is 30.8. The normalized spacial score (nSPS) is 16.8. The number of anilines is 2. The van der Waals surface area contributed by atoms with Gasteiger partial charge in [-0.2, -0.15) is 0 Å². The van der Waals surface area contributed by atoms with E-state index in [1.165, 1.54) is 18.5 Å². The largest absolute Gasteiger partial charge is 0.493 e. The monoisotopic (exact) mass is 515 g/mol. The number of benzene rings is 2. The molecule has 5 rings (SSSR count). The molecule has 0 atom stereocenters. The lowest BCUT2D eigenvalue weighted by Crippen LogP contribution is -2.51. The van der Waals surface area contributed by atoms with Gasteiger partial charge in [0.25, 0.3) is 0 Å². The van der Waals surface area contributed by atoms with Crippen molar-refractivity contribution in [2.45, 2.75) is 18.9 Å². The van der Waals surface area contributed by atoms with Crippen LogP contribution in [-0.2, 0) is 4.74 Å². The zero-order chi connectivity index (χ0) is 25.1. The lowest BCUT2D eigenvalue weighted by molar-refractivity contribution is 0.0359. The number of urea groups is 1. The summed E-state index contributed by atoms with van der Waals surface area (Å²) in [5.74, 6) is 1.16. The Hall–Kier alpha value is -3.37. The third-order valence-electron chi connectivity index (χ3n) is 6.39. The van der Waals surface area contributed by atoms with Crippen molar-refractivity contribution in [2.24, 2.45) is 0 Å². The van der Waals surface area contributed by atoms with E-state index >= 15 is 0 Å². The number of halogens is 2. The van der Waals surface area contributed by atoms with Gasteiger partial charge in [-0.05, 0) is 24.3 Å². The Morgan fingerprint density at radius 2 is 1.83 bits per heavy atom. The fourth-order valence-electron chi connectivity index (χ4n) is 4.43. The van der Waals surface area contributed by atoms with Gasteiger partial charge in [0.2, 0.25) is 0 Å². The highest BCUT2D eigenvalue weighted by atomic mass is 35.5. The van der Waals surface area contributed by atoms with Gasteiger partial charge in [0, 0.05) is 56.2 Å². The van der Waals surface area contributed by atoms with Gasteiger partial charge in [0.1, 0.15) is 24.1 Å². The van der Waals surface area contributed by atoms with Crippen molar-refractivity contribution in [3.8, 4) is 11.5 Å². The van der Waals surface area contributed by atoms with Crippen molar-refractivity contribution in [1.82, 2.24) is 19.8 Å². The Kier molecular flexibility index (Phi) is 7.24. The van der Waals surface area contributed by atoms with E-state index in [1.54, 1.807) is 19.2 Å².